The van der Waals surface area contributed by atoms with Crippen LogP contribution in [0.3, 0.4) is 0 Å². The second-order valence-electron chi connectivity index (χ2n) is 8.01. The van der Waals surface area contributed by atoms with Gasteiger partial charge in [0.25, 0.3) is 0 Å². The van der Waals surface area contributed by atoms with Crippen molar-refractivity contribution in [2.75, 3.05) is 27.2 Å². The molecule has 0 bridgehead atoms. The maximum atomic E-state index is 11.7. The average molecular weight is 415 g/mol. The van der Waals surface area contributed by atoms with Crippen molar-refractivity contribution in [1.29, 1.82) is 0 Å². The summed E-state index contributed by atoms with van der Waals surface area (Å²) in [5.41, 5.74) is 1.90. The number of nitrogens with one attached hydrogen (secondary N) is 1. The van der Waals surface area contributed by atoms with Crippen LogP contribution in [0.4, 0.5) is 18.0 Å². The number of carboxylic acid groups (broad SMARTS) is 1. The zero-order valence-corrected chi connectivity index (χ0v) is 16.7. The molecule has 2 aliphatic rings. The predicted octanol–water partition coefficient (Wildman–Crippen LogP) is 3.34. The highest BCUT2D eigenvalue weighted by molar-refractivity contribution is 5.74. The SMILES string of the molecule is CN(C)C(=O)NC1CC2(CCN(Cc3ccccc3)CC2)C1.O=C(O)C(F)(F)F. The second kappa shape index (κ2) is 9.47. The van der Waals surface area contributed by atoms with E-state index < -0.39 is 12.1 Å². The number of halogens is 3. The number of urea groups is 1. The van der Waals surface area contributed by atoms with E-state index in [0.29, 0.717) is 11.5 Å². The van der Waals surface area contributed by atoms with E-state index in [4.69, 9.17) is 9.90 Å². The van der Waals surface area contributed by atoms with E-state index in [9.17, 15) is 18.0 Å². The molecule has 0 atom stereocenters. The Labute approximate surface area is 168 Å². The van der Waals surface area contributed by atoms with Crippen LogP contribution in [0, 0.1) is 5.41 Å². The minimum atomic E-state index is -5.08. The Morgan fingerprint density at radius 1 is 1.17 bits per heavy atom. The van der Waals surface area contributed by atoms with Crippen molar-refractivity contribution in [1.82, 2.24) is 15.1 Å². The summed E-state index contributed by atoms with van der Waals surface area (Å²) in [6.07, 6.45) is -0.222. The number of hydrogen-bond donors (Lipinski definition) is 2. The first-order chi connectivity index (χ1) is 13.5. The van der Waals surface area contributed by atoms with Crippen molar-refractivity contribution in [3.8, 4) is 0 Å². The van der Waals surface area contributed by atoms with Crippen LogP contribution in [0.1, 0.15) is 31.2 Å². The highest BCUT2D eigenvalue weighted by Crippen LogP contribution is 2.49. The van der Waals surface area contributed by atoms with Gasteiger partial charge in [0.15, 0.2) is 0 Å². The van der Waals surface area contributed by atoms with E-state index in [1.54, 1.807) is 19.0 Å². The Balaban J connectivity index is 0.000000370. The molecule has 2 fully saturated rings. The minimum absolute atomic E-state index is 0.0429. The molecule has 29 heavy (non-hydrogen) atoms. The number of carboxylic acids is 1. The molecular formula is C20H28F3N3O3. The quantitative estimate of drug-likeness (QED) is 0.794. The number of benzene rings is 1. The van der Waals surface area contributed by atoms with Gasteiger partial charge in [0.2, 0.25) is 0 Å². The Hall–Kier alpha value is -2.29. The Bertz CT molecular complexity index is 679. The normalized spacial score (nSPS) is 18.9. The van der Waals surface area contributed by atoms with Gasteiger partial charge >= 0.3 is 18.2 Å². The predicted molar refractivity (Wildman–Crippen MR) is 102 cm³/mol. The fourth-order valence-electron chi connectivity index (χ4n) is 3.83. The van der Waals surface area contributed by atoms with E-state index in [1.165, 1.54) is 31.5 Å². The molecule has 1 aromatic rings. The number of piperidine rings is 1. The number of alkyl halides is 3. The summed E-state index contributed by atoms with van der Waals surface area (Å²) in [6, 6.07) is 11.2. The van der Waals surface area contributed by atoms with Crippen LogP contribution < -0.4 is 5.32 Å². The molecule has 1 heterocycles. The van der Waals surface area contributed by atoms with Crippen molar-refractivity contribution >= 4 is 12.0 Å². The highest BCUT2D eigenvalue weighted by Gasteiger charge is 2.46. The van der Waals surface area contributed by atoms with Crippen molar-refractivity contribution < 1.29 is 27.9 Å². The van der Waals surface area contributed by atoms with Gasteiger partial charge in [0.1, 0.15) is 0 Å². The number of amides is 2. The van der Waals surface area contributed by atoms with Gasteiger partial charge in [-0.3, -0.25) is 4.90 Å². The van der Waals surface area contributed by atoms with Gasteiger partial charge in [-0.25, -0.2) is 9.59 Å². The molecule has 9 heteroatoms. The minimum Gasteiger partial charge on any atom is -0.475 e. The van der Waals surface area contributed by atoms with E-state index >= 15 is 0 Å². The first-order valence-corrected chi connectivity index (χ1v) is 9.55. The summed E-state index contributed by atoms with van der Waals surface area (Å²) in [7, 11) is 3.59. The molecule has 3 rings (SSSR count). The fourth-order valence-corrected chi connectivity index (χ4v) is 3.83. The summed E-state index contributed by atoms with van der Waals surface area (Å²) < 4.78 is 31.7. The maximum Gasteiger partial charge on any atom is 0.490 e. The number of nitrogens with zero attached hydrogens (tertiary/aromatic N) is 2. The summed E-state index contributed by atoms with van der Waals surface area (Å²) >= 11 is 0. The molecule has 2 N–H and O–H groups in total. The average Bonchev–Trinajstić information content (AvgIpc) is 2.62. The highest BCUT2D eigenvalue weighted by atomic mass is 19.4. The van der Waals surface area contributed by atoms with Crippen molar-refractivity contribution in [2.45, 2.75) is 44.4 Å². The molecule has 1 saturated carbocycles. The molecule has 0 radical (unpaired) electrons. The number of aliphatic carboxylic acids is 1. The topological polar surface area (TPSA) is 72.9 Å². The molecule has 1 aliphatic carbocycles. The number of hydrogen-bond acceptors (Lipinski definition) is 3. The molecule has 0 unspecified atom stereocenters. The molecule has 162 valence electrons. The van der Waals surface area contributed by atoms with Crippen molar-refractivity contribution in [3.63, 3.8) is 0 Å². The number of rotatable bonds is 3. The Morgan fingerprint density at radius 2 is 1.69 bits per heavy atom. The van der Waals surface area contributed by atoms with Crippen LogP contribution in [0.25, 0.3) is 0 Å². The third-order valence-corrected chi connectivity index (χ3v) is 5.50. The van der Waals surface area contributed by atoms with E-state index in [-0.39, 0.29) is 6.03 Å². The van der Waals surface area contributed by atoms with Gasteiger partial charge in [-0.05, 0) is 49.8 Å². The van der Waals surface area contributed by atoms with Crippen molar-refractivity contribution in [2.24, 2.45) is 5.41 Å². The number of carbonyl (C=O) groups is 2. The molecule has 1 aliphatic heterocycles. The maximum absolute atomic E-state index is 11.7. The standard InChI is InChI=1S/C18H27N3O.C2HF3O2/c1-20(2)17(22)19-16-12-18(13-16)8-10-21(11-9-18)14-15-6-4-3-5-7-15;3-2(4,5)1(6)7/h3-7,16H,8-14H2,1-2H3,(H,19,22);(H,6,7). The molecular weight excluding hydrogens is 387 g/mol. The van der Waals surface area contributed by atoms with Gasteiger partial charge in [0, 0.05) is 26.7 Å². The molecule has 1 aromatic carbocycles. The van der Waals surface area contributed by atoms with Crippen LogP contribution >= 0.6 is 0 Å². The van der Waals surface area contributed by atoms with Gasteiger partial charge in [-0.2, -0.15) is 13.2 Å². The third-order valence-electron chi connectivity index (χ3n) is 5.50. The number of likely N-dealkylation sites (tertiary alicyclic amines) is 1. The molecule has 6 nitrogen and oxygen atoms in total. The van der Waals surface area contributed by atoms with Gasteiger partial charge in [-0.15, -0.1) is 0 Å². The van der Waals surface area contributed by atoms with E-state index in [0.717, 1.165) is 19.4 Å². The van der Waals surface area contributed by atoms with Crippen LogP contribution in [0.15, 0.2) is 30.3 Å². The fraction of sp³-hybridized carbons (Fsp3) is 0.600. The lowest BCUT2D eigenvalue weighted by molar-refractivity contribution is -0.192. The van der Waals surface area contributed by atoms with Crippen LogP contribution in [-0.4, -0.2) is 66.3 Å². The zero-order valence-electron chi connectivity index (χ0n) is 16.7. The molecule has 0 aromatic heterocycles. The van der Waals surface area contributed by atoms with Crippen LogP contribution in [0.2, 0.25) is 0 Å². The molecule has 2 amide bonds. The summed E-state index contributed by atoms with van der Waals surface area (Å²) in [5.74, 6) is -2.76. The van der Waals surface area contributed by atoms with Gasteiger partial charge in [-0.1, -0.05) is 30.3 Å². The molecule has 1 saturated heterocycles. The summed E-state index contributed by atoms with van der Waals surface area (Å²) in [5, 5.41) is 10.2. The van der Waals surface area contributed by atoms with Crippen LogP contribution in [0.5, 0.6) is 0 Å². The smallest absolute Gasteiger partial charge is 0.475 e. The largest absolute Gasteiger partial charge is 0.490 e. The zero-order chi connectivity index (χ0) is 21.7. The lowest BCUT2D eigenvalue weighted by Crippen LogP contribution is -2.56. The molecule has 1 spiro atoms. The van der Waals surface area contributed by atoms with E-state index in [2.05, 4.69) is 40.5 Å². The summed E-state index contributed by atoms with van der Waals surface area (Å²) in [6.45, 7) is 3.43. The summed E-state index contributed by atoms with van der Waals surface area (Å²) in [4.78, 5) is 24.8. The van der Waals surface area contributed by atoms with Gasteiger partial charge < -0.3 is 15.3 Å². The third kappa shape index (κ3) is 6.92. The first-order valence-electron chi connectivity index (χ1n) is 9.55. The van der Waals surface area contributed by atoms with E-state index in [1.807, 2.05) is 0 Å². The second-order valence-corrected chi connectivity index (χ2v) is 8.01. The lowest BCUT2D eigenvalue weighted by atomic mass is 9.60. The van der Waals surface area contributed by atoms with Crippen LogP contribution in [-0.2, 0) is 11.3 Å². The first kappa shape index (κ1) is 23.0. The lowest BCUT2D eigenvalue weighted by Gasteiger charge is -2.52. The Morgan fingerprint density at radius 3 is 2.14 bits per heavy atom. The van der Waals surface area contributed by atoms with Crippen molar-refractivity contribution in [3.05, 3.63) is 35.9 Å². The monoisotopic (exact) mass is 415 g/mol. The Kier molecular flexibility index (Phi) is 7.51. The van der Waals surface area contributed by atoms with Gasteiger partial charge in [0.05, 0.1) is 0 Å². The number of carbonyl (C=O) groups excluding carboxylic acids is 1.